The van der Waals surface area contributed by atoms with Crippen molar-refractivity contribution in [1.29, 1.82) is 0 Å². The van der Waals surface area contributed by atoms with Gasteiger partial charge in [-0.25, -0.2) is 0 Å². The van der Waals surface area contributed by atoms with Gasteiger partial charge >= 0.3 is 0 Å². The maximum Gasteiger partial charge on any atom is -0.00426 e. The summed E-state index contributed by atoms with van der Waals surface area (Å²) in [6, 6.07) is 0. The maximum atomic E-state index is 5.34. The summed E-state index contributed by atoms with van der Waals surface area (Å²) in [4.78, 5) is 0. The minimum atomic E-state index is 0.766. The van der Waals surface area contributed by atoms with Gasteiger partial charge in [-0.1, -0.05) is 37.6 Å². The van der Waals surface area contributed by atoms with E-state index >= 15 is 0 Å². The normalized spacial score (nSPS) is 11.8. The minimum Gasteiger partial charge on any atom is -0.330 e. The fraction of sp³-hybridized carbons (Fsp3) is 0.636. The molecule has 0 aromatic heterocycles. The average molecular weight is 167 g/mol. The topological polar surface area (TPSA) is 26.0 Å². The van der Waals surface area contributed by atoms with Gasteiger partial charge in [0.15, 0.2) is 0 Å². The van der Waals surface area contributed by atoms with E-state index in [2.05, 4.69) is 31.2 Å². The molecule has 12 heavy (non-hydrogen) atoms. The van der Waals surface area contributed by atoms with Crippen LogP contribution in [0.3, 0.4) is 0 Å². The number of allylic oxidation sites excluding steroid dienone is 3. The second-order valence-corrected chi connectivity index (χ2v) is 2.89. The molecule has 0 amide bonds. The lowest BCUT2D eigenvalue weighted by molar-refractivity contribution is 0.940. The Morgan fingerprint density at radius 2 is 1.33 bits per heavy atom. The van der Waals surface area contributed by atoms with Crippen molar-refractivity contribution in [3.05, 3.63) is 24.3 Å². The Labute approximate surface area is 76.3 Å². The first kappa shape index (κ1) is 11.4. The van der Waals surface area contributed by atoms with Gasteiger partial charge in [-0.05, 0) is 32.2 Å². The maximum absolute atomic E-state index is 5.34. The standard InChI is InChI=1S/C11H21N/c1-2-3-4-5-6-7-8-9-10-11-12/h4-5,8-9H,2-3,6-7,10-12H2,1H3. The van der Waals surface area contributed by atoms with Gasteiger partial charge in [-0.3, -0.25) is 0 Å². The van der Waals surface area contributed by atoms with Crippen LogP contribution in [-0.4, -0.2) is 6.54 Å². The molecule has 0 aliphatic heterocycles. The summed E-state index contributed by atoms with van der Waals surface area (Å²) < 4.78 is 0. The molecule has 0 spiro atoms. The second kappa shape index (κ2) is 10.4. The first-order valence-corrected chi connectivity index (χ1v) is 4.92. The van der Waals surface area contributed by atoms with E-state index in [9.17, 15) is 0 Å². The summed E-state index contributed by atoms with van der Waals surface area (Å²) >= 11 is 0. The third-order valence-corrected chi connectivity index (χ3v) is 1.62. The van der Waals surface area contributed by atoms with Gasteiger partial charge in [0.05, 0.1) is 0 Å². The van der Waals surface area contributed by atoms with Crippen molar-refractivity contribution in [2.45, 2.75) is 39.0 Å². The lowest BCUT2D eigenvalue weighted by atomic mass is 10.2. The summed E-state index contributed by atoms with van der Waals surface area (Å²) in [5.74, 6) is 0. The van der Waals surface area contributed by atoms with E-state index in [1.807, 2.05) is 0 Å². The van der Waals surface area contributed by atoms with Crippen LogP contribution in [0.15, 0.2) is 24.3 Å². The largest absolute Gasteiger partial charge is 0.330 e. The smallest absolute Gasteiger partial charge is 0.00426 e. The van der Waals surface area contributed by atoms with Crippen molar-refractivity contribution in [2.75, 3.05) is 6.54 Å². The highest BCUT2D eigenvalue weighted by Crippen LogP contribution is 1.96. The summed E-state index contributed by atoms with van der Waals surface area (Å²) in [5.41, 5.74) is 5.34. The lowest BCUT2D eigenvalue weighted by Crippen LogP contribution is -1.94. The van der Waals surface area contributed by atoms with Crippen LogP contribution in [0.25, 0.3) is 0 Å². The molecular weight excluding hydrogens is 146 g/mol. The first-order chi connectivity index (χ1) is 5.91. The molecule has 0 aromatic rings. The lowest BCUT2D eigenvalue weighted by Gasteiger charge is -1.87. The first-order valence-electron chi connectivity index (χ1n) is 4.92. The number of unbranched alkanes of at least 4 members (excludes halogenated alkanes) is 2. The van der Waals surface area contributed by atoms with Crippen LogP contribution >= 0.6 is 0 Å². The molecule has 0 bridgehead atoms. The van der Waals surface area contributed by atoms with E-state index in [1.165, 1.54) is 19.3 Å². The van der Waals surface area contributed by atoms with Gasteiger partial charge < -0.3 is 5.73 Å². The third-order valence-electron chi connectivity index (χ3n) is 1.62. The van der Waals surface area contributed by atoms with Crippen LogP contribution < -0.4 is 5.73 Å². The molecule has 1 nitrogen and oxygen atoms in total. The van der Waals surface area contributed by atoms with E-state index in [0.29, 0.717) is 0 Å². The number of nitrogens with two attached hydrogens (primary N) is 1. The van der Waals surface area contributed by atoms with Crippen molar-refractivity contribution in [3.63, 3.8) is 0 Å². The molecule has 0 atom stereocenters. The van der Waals surface area contributed by atoms with Crippen LogP contribution in [0, 0.1) is 0 Å². The van der Waals surface area contributed by atoms with Crippen LogP contribution in [0.2, 0.25) is 0 Å². The molecule has 0 unspecified atom stereocenters. The molecule has 0 aliphatic carbocycles. The van der Waals surface area contributed by atoms with Crippen LogP contribution in [-0.2, 0) is 0 Å². The predicted octanol–water partition coefficient (Wildman–Crippen LogP) is 3.03. The van der Waals surface area contributed by atoms with Crippen molar-refractivity contribution < 1.29 is 0 Å². The molecule has 0 radical (unpaired) electrons. The zero-order valence-electron chi connectivity index (χ0n) is 8.13. The molecule has 0 heterocycles. The van der Waals surface area contributed by atoms with Gasteiger partial charge in [0.25, 0.3) is 0 Å². The minimum absolute atomic E-state index is 0.766. The summed E-state index contributed by atoms with van der Waals surface area (Å²) in [7, 11) is 0. The predicted molar refractivity (Wildman–Crippen MR) is 56.1 cm³/mol. The molecule has 0 aliphatic rings. The Hall–Kier alpha value is -0.560. The van der Waals surface area contributed by atoms with Crippen molar-refractivity contribution in [3.8, 4) is 0 Å². The van der Waals surface area contributed by atoms with E-state index in [1.54, 1.807) is 0 Å². The van der Waals surface area contributed by atoms with Crippen LogP contribution in [0.4, 0.5) is 0 Å². The van der Waals surface area contributed by atoms with Crippen molar-refractivity contribution in [2.24, 2.45) is 5.73 Å². The van der Waals surface area contributed by atoms with Gasteiger partial charge in [-0.15, -0.1) is 0 Å². The fourth-order valence-electron chi connectivity index (χ4n) is 0.927. The van der Waals surface area contributed by atoms with Gasteiger partial charge in [0, 0.05) is 0 Å². The van der Waals surface area contributed by atoms with Crippen LogP contribution in [0.1, 0.15) is 39.0 Å². The van der Waals surface area contributed by atoms with Crippen molar-refractivity contribution >= 4 is 0 Å². The number of hydrogen-bond donors (Lipinski definition) is 1. The molecule has 70 valence electrons. The molecule has 0 fully saturated rings. The Morgan fingerprint density at radius 3 is 1.83 bits per heavy atom. The SMILES string of the molecule is CCCC=CCCC=CCCN. The summed E-state index contributed by atoms with van der Waals surface area (Å²) in [5, 5.41) is 0. The van der Waals surface area contributed by atoms with E-state index < -0.39 is 0 Å². The Bertz CT molecular complexity index is 109. The second-order valence-electron chi connectivity index (χ2n) is 2.89. The summed E-state index contributed by atoms with van der Waals surface area (Å²) in [6.07, 6.45) is 14.7. The molecular formula is C11H21N. The molecule has 0 rings (SSSR count). The Morgan fingerprint density at radius 1 is 0.833 bits per heavy atom. The van der Waals surface area contributed by atoms with Crippen molar-refractivity contribution in [1.82, 2.24) is 0 Å². The van der Waals surface area contributed by atoms with E-state index in [0.717, 1.165) is 19.4 Å². The number of hydrogen-bond acceptors (Lipinski definition) is 1. The zero-order chi connectivity index (χ0) is 9.07. The van der Waals surface area contributed by atoms with Crippen LogP contribution in [0.5, 0.6) is 0 Å². The molecule has 0 saturated carbocycles. The highest BCUT2D eigenvalue weighted by atomic mass is 14.5. The highest BCUT2D eigenvalue weighted by Gasteiger charge is 1.77. The fourth-order valence-corrected chi connectivity index (χ4v) is 0.927. The van der Waals surface area contributed by atoms with Gasteiger partial charge in [0.1, 0.15) is 0 Å². The highest BCUT2D eigenvalue weighted by molar-refractivity contribution is 4.87. The Kier molecular flexibility index (Phi) is 9.95. The average Bonchev–Trinajstić information content (AvgIpc) is 2.10. The molecule has 0 saturated heterocycles. The van der Waals surface area contributed by atoms with E-state index in [4.69, 9.17) is 5.73 Å². The monoisotopic (exact) mass is 167 g/mol. The molecule has 0 aromatic carbocycles. The summed E-state index contributed by atoms with van der Waals surface area (Å²) in [6.45, 7) is 2.97. The van der Waals surface area contributed by atoms with E-state index in [-0.39, 0.29) is 0 Å². The molecule has 1 heteroatoms. The zero-order valence-corrected chi connectivity index (χ0v) is 8.13. The van der Waals surface area contributed by atoms with Gasteiger partial charge in [0.2, 0.25) is 0 Å². The number of rotatable bonds is 7. The third kappa shape index (κ3) is 9.44. The molecule has 2 N–H and O–H groups in total. The quantitative estimate of drug-likeness (QED) is 0.458. The Balaban J connectivity index is 3.09. The van der Waals surface area contributed by atoms with Gasteiger partial charge in [-0.2, -0.15) is 0 Å².